The van der Waals surface area contributed by atoms with Crippen LogP contribution in [-0.2, 0) is 9.53 Å². The zero-order valence-electron chi connectivity index (χ0n) is 14.1. The van der Waals surface area contributed by atoms with Crippen molar-refractivity contribution in [1.82, 2.24) is 19.7 Å². The molecule has 24 heavy (non-hydrogen) atoms. The van der Waals surface area contributed by atoms with Crippen LogP contribution in [0, 0.1) is 0 Å². The molecule has 0 N–H and O–H groups in total. The smallest absolute Gasteiger partial charge is 0.236 e. The molecule has 1 saturated heterocycles. The second kappa shape index (κ2) is 7.36. The Morgan fingerprint density at radius 1 is 1.25 bits per heavy atom. The van der Waals surface area contributed by atoms with Crippen LogP contribution < -0.4 is 0 Å². The highest BCUT2D eigenvalue weighted by molar-refractivity contribution is 8.00. The van der Waals surface area contributed by atoms with Gasteiger partial charge in [-0.25, -0.2) is 9.67 Å². The van der Waals surface area contributed by atoms with Crippen molar-refractivity contribution in [3.05, 3.63) is 36.7 Å². The number of amides is 1. The molecule has 0 spiro atoms. The van der Waals surface area contributed by atoms with E-state index in [4.69, 9.17) is 4.74 Å². The average molecular weight is 346 g/mol. The fourth-order valence-electron chi connectivity index (χ4n) is 2.83. The van der Waals surface area contributed by atoms with E-state index < -0.39 is 0 Å². The number of ether oxygens (including phenoxy) is 1. The van der Waals surface area contributed by atoms with E-state index in [1.165, 1.54) is 11.8 Å². The molecular weight excluding hydrogens is 324 g/mol. The van der Waals surface area contributed by atoms with Crippen molar-refractivity contribution in [2.24, 2.45) is 0 Å². The number of carbonyl (C=O) groups excluding carboxylic acids is 1. The van der Waals surface area contributed by atoms with Gasteiger partial charge in [-0.2, -0.15) is 0 Å². The first-order chi connectivity index (χ1) is 11.5. The molecule has 0 aliphatic carbocycles. The minimum absolute atomic E-state index is 0.0744. The lowest BCUT2D eigenvalue weighted by atomic mass is 10.2. The third-order valence-corrected chi connectivity index (χ3v) is 4.81. The molecule has 0 radical (unpaired) electrons. The van der Waals surface area contributed by atoms with Gasteiger partial charge in [-0.15, -0.1) is 5.10 Å². The van der Waals surface area contributed by atoms with E-state index in [0.717, 1.165) is 5.69 Å². The van der Waals surface area contributed by atoms with Gasteiger partial charge in [-0.05, 0) is 32.9 Å². The second-order valence-electron chi connectivity index (χ2n) is 6.07. The summed E-state index contributed by atoms with van der Waals surface area (Å²) in [5.74, 6) is 0.109. The van der Waals surface area contributed by atoms with Gasteiger partial charge >= 0.3 is 0 Å². The van der Waals surface area contributed by atoms with Crippen LogP contribution in [0.4, 0.5) is 0 Å². The van der Waals surface area contributed by atoms with Gasteiger partial charge in [-0.3, -0.25) is 4.79 Å². The third-order valence-electron chi connectivity index (χ3n) is 3.85. The molecule has 1 aliphatic rings. The Labute approximate surface area is 146 Å². The van der Waals surface area contributed by atoms with Crippen LogP contribution in [0.2, 0.25) is 0 Å². The van der Waals surface area contributed by atoms with Crippen molar-refractivity contribution in [3.63, 3.8) is 0 Å². The molecule has 1 aromatic heterocycles. The molecule has 1 aliphatic heterocycles. The molecule has 1 amide bonds. The van der Waals surface area contributed by atoms with Crippen molar-refractivity contribution >= 4 is 17.7 Å². The number of morpholine rings is 1. The van der Waals surface area contributed by atoms with E-state index in [1.54, 1.807) is 11.0 Å². The highest BCUT2D eigenvalue weighted by Gasteiger charge is 2.29. The lowest BCUT2D eigenvalue weighted by Gasteiger charge is -2.36. The summed E-state index contributed by atoms with van der Waals surface area (Å²) >= 11 is 1.39. The minimum Gasteiger partial charge on any atom is -0.372 e. The normalized spacial score (nSPS) is 22.4. The summed E-state index contributed by atoms with van der Waals surface area (Å²) in [4.78, 5) is 18.8. The molecule has 2 heterocycles. The van der Waals surface area contributed by atoms with Crippen molar-refractivity contribution in [1.29, 1.82) is 0 Å². The van der Waals surface area contributed by atoms with Crippen molar-refractivity contribution < 1.29 is 9.53 Å². The summed E-state index contributed by atoms with van der Waals surface area (Å²) in [7, 11) is 0. The number of thioether (sulfide) groups is 1. The number of hydrogen-bond acceptors (Lipinski definition) is 5. The summed E-state index contributed by atoms with van der Waals surface area (Å²) in [5.41, 5.74) is 0.951. The summed E-state index contributed by atoms with van der Waals surface area (Å²) in [6.07, 6.45) is 1.82. The van der Waals surface area contributed by atoms with E-state index >= 15 is 0 Å². The van der Waals surface area contributed by atoms with Gasteiger partial charge in [0.2, 0.25) is 11.1 Å². The maximum Gasteiger partial charge on any atom is 0.236 e. The number of rotatable bonds is 4. The Hall–Kier alpha value is -1.86. The maximum absolute atomic E-state index is 12.7. The molecule has 3 atom stereocenters. The summed E-state index contributed by atoms with van der Waals surface area (Å²) in [6, 6.07) is 9.80. The monoisotopic (exact) mass is 346 g/mol. The minimum atomic E-state index is -0.228. The Kier molecular flexibility index (Phi) is 5.20. The van der Waals surface area contributed by atoms with Gasteiger partial charge in [0.15, 0.2) is 0 Å². The van der Waals surface area contributed by atoms with Crippen molar-refractivity contribution in [2.75, 3.05) is 13.1 Å². The van der Waals surface area contributed by atoms with Crippen LogP contribution in [0.25, 0.3) is 5.69 Å². The molecule has 0 unspecified atom stereocenters. The zero-order chi connectivity index (χ0) is 17.1. The fourth-order valence-corrected chi connectivity index (χ4v) is 3.64. The molecule has 6 nitrogen and oxygen atoms in total. The third kappa shape index (κ3) is 3.96. The first-order valence-corrected chi connectivity index (χ1v) is 8.99. The van der Waals surface area contributed by atoms with Crippen LogP contribution >= 0.6 is 11.8 Å². The van der Waals surface area contributed by atoms with Gasteiger partial charge < -0.3 is 9.64 Å². The maximum atomic E-state index is 12.7. The highest BCUT2D eigenvalue weighted by atomic mass is 32.2. The number of benzene rings is 1. The van der Waals surface area contributed by atoms with E-state index in [0.29, 0.717) is 18.2 Å². The Morgan fingerprint density at radius 2 is 1.92 bits per heavy atom. The lowest BCUT2D eigenvalue weighted by Crippen LogP contribution is -2.50. The molecule has 0 saturated carbocycles. The average Bonchev–Trinajstić information content (AvgIpc) is 3.02. The standard InChI is InChI=1S/C17H22N4O2S/c1-12-9-20(10-13(2)23-12)16(22)14(3)24-17-18-11-21(19-17)15-7-5-4-6-8-15/h4-8,11-14H,9-10H2,1-3H3/t12-,13+,14-/m0/s1. The van der Waals surface area contributed by atoms with Gasteiger partial charge in [0.05, 0.1) is 23.1 Å². The Bertz CT molecular complexity index is 681. The second-order valence-corrected chi connectivity index (χ2v) is 7.38. The first-order valence-electron chi connectivity index (χ1n) is 8.11. The topological polar surface area (TPSA) is 60.2 Å². The number of nitrogens with zero attached hydrogens (tertiary/aromatic N) is 4. The van der Waals surface area contributed by atoms with Crippen LogP contribution in [-0.4, -0.2) is 56.1 Å². The predicted molar refractivity (Wildman–Crippen MR) is 93.3 cm³/mol. The quantitative estimate of drug-likeness (QED) is 0.796. The lowest BCUT2D eigenvalue weighted by molar-refractivity contribution is -0.142. The fraction of sp³-hybridized carbons (Fsp3) is 0.471. The first kappa shape index (κ1) is 17.0. The van der Waals surface area contributed by atoms with Gasteiger partial charge in [0, 0.05) is 13.1 Å². The molecule has 128 valence electrons. The highest BCUT2D eigenvalue weighted by Crippen LogP contribution is 2.23. The van der Waals surface area contributed by atoms with Crippen molar-refractivity contribution in [2.45, 2.75) is 43.4 Å². The van der Waals surface area contributed by atoms with E-state index in [1.807, 2.05) is 56.0 Å². The van der Waals surface area contributed by atoms with Crippen LogP contribution in [0.1, 0.15) is 20.8 Å². The number of aromatic nitrogens is 3. The molecular formula is C17H22N4O2S. The summed E-state index contributed by atoms with van der Waals surface area (Å²) < 4.78 is 7.41. The molecule has 3 rings (SSSR count). The van der Waals surface area contributed by atoms with Gasteiger partial charge in [0.1, 0.15) is 6.33 Å². The SMILES string of the molecule is C[C@@H]1CN(C(=O)[C@H](C)Sc2ncn(-c3ccccc3)n2)C[C@H](C)O1. The van der Waals surface area contributed by atoms with Crippen LogP contribution in [0.3, 0.4) is 0 Å². The number of hydrogen-bond donors (Lipinski definition) is 0. The summed E-state index contributed by atoms with van der Waals surface area (Å²) in [6.45, 7) is 7.18. The Balaban J connectivity index is 1.63. The molecule has 7 heteroatoms. The molecule has 2 aromatic rings. The number of carbonyl (C=O) groups is 1. The van der Waals surface area contributed by atoms with E-state index in [-0.39, 0.29) is 23.4 Å². The predicted octanol–water partition coefficient (Wildman–Crippen LogP) is 2.38. The zero-order valence-corrected chi connectivity index (χ0v) is 14.9. The number of para-hydroxylation sites is 1. The molecule has 1 aromatic carbocycles. The van der Waals surface area contributed by atoms with Gasteiger partial charge in [-0.1, -0.05) is 30.0 Å². The largest absolute Gasteiger partial charge is 0.372 e. The van der Waals surface area contributed by atoms with Gasteiger partial charge in [0.25, 0.3) is 0 Å². The molecule has 1 fully saturated rings. The Morgan fingerprint density at radius 3 is 2.58 bits per heavy atom. The van der Waals surface area contributed by atoms with Crippen molar-refractivity contribution in [3.8, 4) is 5.69 Å². The van der Waals surface area contributed by atoms with Crippen LogP contribution in [0.5, 0.6) is 0 Å². The summed E-state index contributed by atoms with van der Waals surface area (Å²) in [5, 5.41) is 4.83. The van der Waals surface area contributed by atoms with E-state index in [9.17, 15) is 4.79 Å². The van der Waals surface area contributed by atoms with E-state index in [2.05, 4.69) is 10.1 Å². The van der Waals surface area contributed by atoms with Crippen LogP contribution in [0.15, 0.2) is 41.8 Å². The molecule has 0 bridgehead atoms.